The topological polar surface area (TPSA) is 38.2 Å². The predicted molar refractivity (Wildman–Crippen MR) is 369 cm³/mol. The Bertz CT molecular complexity index is 5470. The molecular formula is C81H61BN4O2. The van der Waals surface area contributed by atoms with Crippen LogP contribution in [0.15, 0.2) is 243 Å². The van der Waals surface area contributed by atoms with E-state index in [1.54, 1.807) is 0 Å². The average molecular weight is 1130 g/mol. The second-order valence-electron chi connectivity index (χ2n) is 26.6. The van der Waals surface area contributed by atoms with E-state index < -0.39 is 0 Å². The fourth-order valence-electron chi connectivity index (χ4n) is 15.1. The Labute approximate surface area is 510 Å². The number of aromatic nitrogens is 4. The van der Waals surface area contributed by atoms with Gasteiger partial charge in [0, 0.05) is 78.0 Å². The van der Waals surface area contributed by atoms with Crippen LogP contribution in [0.1, 0.15) is 58.2 Å². The normalized spacial score (nSPS) is 13.1. The van der Waals surface area contributed by atoms with Crippen molar-refractivity contribution in [2.24, 2.45) is 0 Å². The second-order valence-corrected chi connectivity index (χ2v) is 26.6. The van der Waals surface area contributed by atoms with Gasteiger partial charge in [0.2, 0.25) is 0 Å². The Morgan fingerprint density at radius 3 is 1.17 bits per heavy atom. The number of benzene rings is 12. The molecule has 4 aromatic heterocycles. The molecule has 16 aromatic rings. The van der Waals surface area contributed by atoms with Crippen LogP contribution in [0.25, 0.3) is 121 Å². The lowest BCUT2D eigenvalue weighted by Crippen LogP contribution is -2.57. The van der Waals surface area contributed by atoms with Crippen molar-refractivity contribution in [3.8, 4) is 56.9 Å². The molecule has 0 aliphatic carbocycles. The number of hydrogen-bond acceptors (Lipinski definition) is 2. The third kappa shape index (κ3) is 7.31. The molecule has 6 heterocycles. The van der Waals surface area contributed by atoms with Gasteiger partial charge in [-0.25, -0.2) is 0 Å². The fourth-order valence-corrected chi connectivity index (χ4v) is 15.1. The summed E-state index contributed by atoms with van der Waals surface area (Å²) in [5, 5.41) is 9.76. The molecule has 420 valence electrons. The highest BCUT2D eigenvalue weighted by Gasteiger charge is 2.41. The van der Waals surface area contributed by atoms with Crippen LogP contribution >= 0.6 is 0 Å². The van der Waals surface area contributed by atoms with Gasteiger partial charge in [-0.2, -0.15) is 0 Å². The number of rotatable bonds is 5. The first kappa shape index (κ1) is 50.8. The third-order valence-corrected chi connectivity index (χ3v) is 19.2. The van der Waals surface area contributed by atoms with Gasteiger partial charge in [0.1, 0.15) is 23.0 Å². The van der Waals surface area contributed by atoms with Crippen LogP contribution in [-0.2, 0) is 10.8 Å². The van der Waals surface area contributed by atoms with Gasteiger partial charge < -0.3 is 27.7 Å². The van der Waals surface area contributed by atoms with Crippen LogP contribution < -0.4 is 25.9 Å². The van der Waals surface area contributed by atoms with Crippen molar-refractivity contribution in [1.29, 1.82) is 0 Å². The molecule has 0 N–H and O–H groups in total. The van der Waals surface area contributed by atoms with Gasteiger partial charge in [-0.3, -0.25) is 0 Å². The Hall–Kier alpha value is -10.5. The zero-order chi connectivity index (χ0) is 59.1. The molecule has 0 atom stereocenters. The molecule has 88 heavy (non-hydrogen) atoms. The first-order chi connectivity index (χ1) is 42.8. The summed E-state index contributed by atoms with van der Waals surface area (Å²) in [6, 6.07) is 90.0. The second kappa shape index (κ2) is 18.3. The molecule has 0 spiro atoms. The molecule has 0 radical (unpaired) electrons. The first-order valence-corrected chi connectivity index (χ1v) is 30.8. The van der Waals surface area contributed by atoms with Crippen LogP contribution in [0.4, 0.5) is 0 Å². The summed E-state index contributed by atoms with van der Waals surface area (Å²) < 4.78 is 24.8. The van der Waals surface area contributed by atoms with E-state index in [1.165, 1.54) is 65.3 Å². The maximum atomic E-state index is 7.52. The highest BCUT2D eigenvalue weighted by atomic mass is 16.5. The lowest BCUT2D eigenvalue weighted by Gasteiger charge is -2.34. The zero-order valence-corrected chi connectivity index (χ0v) is 50.3. The molecule has 0 fully saturated rings. The van der Waals surface area contributed by atoms with E-state index in [2.05, 4.69) is 309 Å². The van der Waals surface area contributed by atoms with Crippen molar-refractivity contribution in [1.82, 2.24) is 18.3 Å². The van der Waals surface area contributed by atoms with Crippen molar-refractivity contribution in [3.63, 3.8) is 0 Å². The smallest absolute Gasteiger partial charge is 0.260 e. The molecule has 0 bridgehead atoms. The SMILES string of the molecule is Cc1cc(-c2ccc3c(c2)Oc2cc(-n4c5ccccc5c5ccccc54)cc4c2B3c2ccc(-n3c5ccc(C(C)(C)C)cc5c5cc(C(C)(C)C)ccc53)cc2O4)c(-n2c3ccccc3c3ccccc32)c(-n2c3ccccc3c3ccccc32)c1. The molecule has 2 aliphatic heterocycles. The van der Waals surface area contributed by atoms with Gasteiger partial charge in [0.25, 0.3) is 6.71 Å². The van der Waals surface area contributed by atoms with Crippen molar-refractivity contribution in [3.05, 3.63) is 259 Å². The summed E-state index contributed by atoms with van der Waals surface area (Å²) in [6.45, 7) is 15.9. The van der Waals surface area contributed by atoms with Crippen LogP contribution in [0.3, 0.4) is 0 Å². The van der Waals surface area contributed by atoms with Gasteiger partial charge in [-0.05, 0) is 136 Å². The Balaban J connectivity index is 0.883. The number of hydrogen-bond donors (Lipinski definition) is 0. The number of para-hydroxylation sites is 6. The molecule has 0 saturated carbocycles. The maximum Gasteiger partial charge on any atom is 0.260 e. The van der Waals surface area contributed by atoms with E-state index in [9.17, 15) is 0 Å². The largest absolute Gasteiger partial charge is 0.458 e. The van der Waals surface area contributed by atoms with E-state index in [1.807, 2.05) is 0 Å². The monoisotopic (exact) mass is 1130 g/mol. The highest BCUT2D eigenvalue weighted by Crippen LogP contribution is 2.47. The lowest BCUT2D eigenvalue weighted by atomic mass is 9.35. The van der Waals surface area contributed by atoms with Crippen LogP contribution in [0.2, 0.25) is 0 Å². The summed E-state index contributed by atoms with van der Waals surface area (Å²) in [7, 11) is 0. The zero-order valence-electron chi connectivity index (χ0n) is 50.3. The molecule has 6 nitrogen and oxygen atoms in total. The quantitative estimate of drug-likeness (QED) is 0.161. The van der Waals surface area contributed by atoms with Gasteiger partial charge in [0.15, 0.2) is 0 Å². The summed E-state index contributed by atoms with van der Waals surface area (Å²) >= 11 is 0. The van der Waals surface area contributed by atoms with Crippen LogP contribution in [0, 0.1) is 6.92 Å². The molecule has 0 saturated heterocycles. The van der Waals surface area contributed by atoms with E-state index >= 15 is 0 Å². The van der Waals surface area contributed by atoms with Gasteiger partial charge >= 0.3 is 0 Å². The van der Waals surface area contributed by atoms with E-state index in [0.29, 0.717) is 0 Å². The lowest BCUT2D eigenvalue weighted by molar-refractivity contribution is 0.464. The van der Waals surface area contributed by atoms with Gasteiger partial charge in [0.05, 0.1) is 61.2 Å². The van der Waals surface area contributed by atoms with Crippen LogP contribution in [0.5, 0.6) is 23.0 Å². The average Bonchev–Trinajstić information content (AvgIpc) is 1.18. The number of ether oxygens (including phenoxy) is 2. The van der Waals surface area contributed by atoms with Gasteiger partial charge in [-0.1, -0.05) is 181 Å². The summed E-state index contributed by atoms with van der Waals surface area (Å²) in [5.41, 5.74) is 22.5. The molecule has 0 unspecified atom stereocenters. The van der Waals surface area contributed by atoms with Crippen molar-refractivity contribution in [2.45, 2.75) is 59.3 Å². The number of nitrogens with zero attached hydrogens (tertiary/aromatic N) is 4. The van der Waals surface area contributed by atoms with E-state index in [4.69, 9.17) is 9.47 Å². The summed E-state index contributed by atoms with van der Waals surface area (Å²) in [5.74, 6) is 3.21. The molecular weight excluding hydrogens is 1070 g/mol. The summed E-state index contributed by atoms with van der Waals surface area (Å²) in [6.07, 6.45) is 0. The van der Waals surface area contributed by atoms with Crippen LogP contribution in [-0.4, -0.2) is 25.0 Å². The minimum atomic E-state index is -0.197. The Kier molecular flexibility index (Phi) is 10.5. The predicted octanol–water partition coefficient (Wildman–Crippen LogP) is 19.4. The third-order valence-electron chi connectivity index (χ3n) is 19.2. The molecule has 12 aromatic carbocycles. The minimum absolute atomic E-state index is 0.0138. The van der Waals surface area contributed by atoms with Gasteiger partial charge in [-0.15, -0.1) is 0 Å². The van der Waals surface area contributed by atoms with Crippen molar-refractivity contribution < 1.29 is 9.47 Å². The Morgan fingerprint density at radius 2 is 0.705 bits per heavy atom. The molecule has 2 aliphatic rings. The van der Waals surface area contributed by atoms with E-state index in [0.717, 1.165) is 112 Å². The van der Waals surface area contributed by atoms with E-state index in [-0.39, 0.29) is 17.5 Å². The fraction of sp³-hybridized carbons (Fsp3) is 0.111. The minimum Gasteiger partial charge on any atom is -0.458 e. The van der Waals surface area contributed by atoms with Crippen molar-refractivity contribution >= 4 is 110 Å². The number of aryl methyl sites for hydroxylation is 1. The molecule has 7 heteroatoms. The Morgan fingerprint density at radius 1 is 0.318 bits per heavy atom. The van der Waals surface area contributed by atoms with Crippen molar-refractivity contribution in [2.75, 3.05) is 0 Å². The molecule has 18 rings (SSSR count). The number of fused-ring (bicyclic) bond motifs is 16. The first-order valence-electron chi connectivity index (χ1n) is 30.8. The summed E-state index contributed by atoms with van der Waals surface area (Å²) in [4.78, 5) is 0. The highest BCUT2D eigenvalue weighted by molar-refractivity contribution is 6.98. The molecule has 0 amide bonds. The maximum absolute atomic E-state index is 7.52. The standard InChI is InChI=1S/C81H61BN4O2/c1-48-40-60(79(86-69-30-18-12-24-58(69)59-25-13-19-31-70(59)86)73(41-48)85-67-28-16-10-22-56(67)57-23-11-17-29-68(57)85)49-32-36-63-74(42-49)87-76-46-53(84-65-26-14-8-20-54(65)55-21-9-15-27-66(55)84)47-77-78(76)82(63)64-37-35-52(45-75(64)88-77)83-71-38-33-50(80(2,3)4)43-61(71)62-44-51(81(5,6)7)34-39-72(62)83/h8-47H,1-7H3.